The summed E-state index contributed by atoms with van der Waals surface area (Å²) in [7, 11) is 1.54. The number of hydrogen-bond donors (Lipinski definition) is 2. The molecule has 1 atom stereocenters. The van der Waals surface area contributed by atoms with Crippen molar-refractivity contribution in [3.63, 3.8) is 0 Å². The van der Waals surface area contributed by atoms with Crippen LogP contribution in [-0.2, 0) is 14.3 Å². The third kappa shape index (κ3) is 5.72. The standard InChI is InChI=1S/C13H18N2O3.ClH/c1-15-12(16)7-8-18-13(17)11(9-14)10-5-3-2-4-6-10;/h2-6,11H,7-9,14H2,1H3,(H,15,16);1H. The second kappa shape index (κ2) is 9.35. The molecular formula is C13H19ClN2O3. The van der Waals surface area contributed by atoms with Crippen molar-refractivity contribution in [3.8, 4) is 0 Å². The highest BCUT2D eigenvalue weighted by atomic mass is 35.5. The third-order valence-electron chi connectivity index (χ3n) is 2.57. The van der Waals surface area contributed by atoms with Crippen LogP contribution in [0.4, 0.5) is 0 Å². The molecule has 0 heterocycles. The number of carbonyl (C=O) groups is 2. The van der Waals surface area contributed by atoms with E-state index in [0.29, 0.717) is 0 Å². The van der Waals surface area contributed by atoms with Gasteiger partial charge in [-0.2, -0.15) is 0 Å². The summed E-state index contributed by atoms with van der Waals surface area (Å²) in [5.74, 6) is -1.03. The van der Waals surface area contributed by atoms with Crippen molar-refractivity contribution in [1.29, 1.82) is 0 Å². The number of ether oxygens (including phenoxy) is 1. The van der Waals surface area contributed by atoms with Crippen LogP contribution in [0.15, 0.2) is 30.3 Å². The first-order valence-corrected chi connectivity index (χ1v) is 5.81. The summed E-state index contributed by atoms with van der Waals surface area (Å²) in [6, 6.07) is 9.22. The Morgan fingerprint density at radius 1 is 1.32 bits per heavy atom. The van der Waals surface area contributed by atoms with E-state index >= 15 is 0 Å². The maximum absolute atomic E-state index is 11.8. The second-order valence-corrected chi connectivity index (χ2v) is 3.79. The average Bonchev–Trinajstić information content (AvgIpc) is 2.40. The maximum atomic E-state index is 11.8. The van der Waals surface area contributed by atoms with Crippen LogP contribution in [-0.4, -0.2) is 32.1 Å². The average molecular weight is 287 g/mol. The van der Waals surface area contributed by atoms with Crippen LogP contribution in [0.3, 0.4) is 0 Å². The topological polar surface area (TPSA) is 81.4 Å². The third-order valence-corrected chi connectivity index (χ3v) is 2.57. The Morgan fingerprint density at radius 2 is 1.95 bits per heavy atom. The summed E-state index contributed by atoms with van der Waals surface area (Å²) in [5, 5.41) is 2.46. The zero-order valence-electron chi connectivity index (χ0n) is 10.8. The molecule has 0 spiro atoms. The van der Waals surface area contributed by atoms with E-state index in [1.807, 2.05) is 30.3 Å². The highest BCUT2D eigenvalue weighted by Gasteiger charge is 2.20. The number of hydrogen-bond acceptors (Lipinski definition) is 4. The molecule has 0 aliphatic carbocycles. The van der Waals surface area contributed by atoms with Gasteiger partial charge in [0.05, 0.1) is 12.3 Å². The molecule has 5 nitrogen and oxygen atoms in total. The molecule has 0 aromatic heterocycles. The number of nitrogens with two attached hydrogens (primary N) is 1. The number of rotatable bonds is 6. The number of nitrogens with one attached hydrogen (secondary N) is 1. The first-order chi connectivity index (χ1) is 8.69. The van der Waals surface area contributed by atoms with Gasteiger partial charge in [0, 0.05) is 13.6 Å². The Labute approximate surface area is 118 Å². The fourth-order valence-corrected chi connectivity index (χ4v) is 1.52. The summed E-state index contributed by atoms with van der Waals surface area (Å²) in [4.78, 5) is 22.8. The summed E-state index contributed by atoms with van der Waals surface area (Å²) >= 11 is 0. The Balaban J connectivity index is 0.00000324. The summed E-state index contributed by atoms with van der Waals surface area (Å²) in [6.45, 7) is 0.255. The largest absolute Gasteiger partial charge is 0.465 e. The van der Waals surface area contributed by atoms with Crippen molar-refractivity contribution in [2.75, 3.05) is 20.2 Å². The van der Waals surface area contributed by atoms with Crippen LogP contribution < -0.4 is 11.1 Å². The van der Waals surface area contributed by atoms with Crippen LogP contribution in [0.1, 0.15) is 17.9 Å². The molecule has 1 aromatic rings. The lowest BCUT2D eigenvalue weighted by molar-refractivity contribution is -0.145. The van der Waals surface area contributed by atoms with Gasteiger partial charge in [0.2, 0.25) is 5.91 Å². The fraction of sp³-hybridized carbons (Fsp3) is 0.385. The van der Waals surface area contributed by atoms with Crippen LogP contribution in [0, 0.1) is 0 Å². The van der Waals surface area contributed by atoms with Crippen LogP contribution in [0.25, 0.3) is 0 Å². The van der Waals surface area contributed by atoms with Gasteiger partial charge >= 0.3 is 5.97 Å². The number of esters is 1. The predicted octanol–water partition coefficient (Wildman–Crippen LogP) is 0.830. The molecule has 0 saturated carbocycles. The molecule has 1 amide bonds. The first kappa shape index (κ1) is 17.4. The minimum Gasteiger partial charge on any atom is -0.465 e. The first-order valence-electron chi connectivity index (χ1n) is 5.81. The van der Waals surface area contributed by atoms with E-state index in [2.05, 4.69) is 5.32 Å². The van der Waals surface area contributed by atoms with E-state index in [0.717, 1.165) is 5.56 Å². The van der Waals surface area contributed by atoms with Crippen molar-refractivity contribution < 1.29 is 14.3 Å². The van der Waals surface area contributed by atoms with Gasteiger partial charge in [0.15, 0.2) is 0 Å². The number of halogens is 1. The Bertz CT molecular complexity index is 398. The Kier molecular flexibility index (Phi) is 8.57. The predicted molar refractivity (Wildman–Crippen MR) is 75.1 cm³/mol. The molecule has 0 saturated heterocycles. The normalized spacial score (nSPS) is 11.1. The minimum atomic E-state index is -0.476. The molecule has 3 N–H and O–H groups in total. The highest BCUT2D eigenvalue weighted by molar-refractivity contribution is 5.85. The zero-order chi connectivity index (χ0) is 13.4. The molecule has 106 valence electrons. The van der Waals surface area contributed by atoms with Crippen LogP contribution >= 0.6 is 12.4 Å². The van der Waals surface area contributed by atoms with E-state index in [4.69, 9.17) is 10.5 Å². The van der Waals surface area contributed by atoms with Crippen molar-refractivity contribution >= 4 is 24.3 Å². The lowest BCUT2D eigenvalue weighted by Crippen LogP contribution is -2.26. The molecule has 0 fully saturated rings. The SMILES string of the molecule is CNC(=O)CCOC(=O)C(CN)c1ccccc1.Cl. The van der Waals surface area contributed by atoms with Crippen LogP contribution in [0.2, 0.25) is 0 Å². The molecule has 0 radical (unpaired) electrons. The van der Waals surface area contributed by atoms with E-state index in [1.54, 1.807) is 0 Å². The van der Waals surface area contributed by atoms with Gasteiger partial charge in [-0.25, -0.2) is 0 Å². The summed E-state index contributed by atoms with van der Waals surface area (Å²) < 4.78 is 5.04. The Morgan fingerprint density at radius 3 is 2.47 bits per heavy atom. The fourth-order valence-electron chi connectivity index (χ4n) is 1.52. The second-order valence-electron chi connectivity index (χ2n) is 3.79. The minimum absolute atomic E-state index is 0. The zero-order valence-corrected chi connectivity index (χ0v) is 11.6. The summed E-state index contributed by atoms with van der Waals surface area (Å²) in [6.07, 6.45) is 0.161. The van der Waals surface area contributed by atoms with Crippen molar-refractivity contribution in [1.82, 2.24) is 5.32 Å². The molecular weight excluding hydrogens is 268 g/mol. The summed E-state index contributed by atoms with van der Waals surface area (Å²) in [5.41, 5.74) is 6.41. The lowest BCUT2D eigenvalue weighted by Gasteiger charge is -2.14. The van der Waals surface area contributed by atoms with E-state index in [1.165, 1.54) is 7.05 Å². The van der Waals surface area contributed by atoms with E-state index in [9.17, 15) is 9.59 Å². The quantitative estimate of drug-likeness (QED) is 0.759. The molecule has 19 heavy (non-hydrogen) atoms. The van der Waals surface area contributed by atoms with Gasteiger partial charge in [0.1, 0.15) is 6.61 Å². The molecule has 0 aliphatic heterocycles. The number of carbonyl (C=O) groups excluding carboxylic acids is 2. The Hall–Kier alpha value is -1.59. The van der Waals surface area contributed by atoms with Crippen molar-refractivity contribution in [2.24, 2.45) is 5.73 Å². The van der Waals surface area contributed by atoms with Crippen molar-refractivity contribution in [3.05, 3.63) is 35.9 Å². The number of benzene rings is 1. The van der Waals surface area contributed by atoms with Gasteiger partial charge in [-0.1, -0.05) is 30.3 Å². The molecule has 1 unspecified atom stereocenters. The van der Waals surface area contributed by atoms with E-state index < -0.39 is 11.9 Å². The number of amides is 1. The molecule has 0 aliphatic rings. The maximum Gasteiger partial charge on any atom is 0.314 e. The highest BCUT2D eigenvalue weighted by Crippen LogP contribution is 2.15. The van der Waals surface area contributed by atoms with Gasteiger partial charge in [-0.3, -0.25) is 9.59 Å². The van der Waals surface area contributed by atoms with Crippen LogP contribution in [0.5, 0.6) is 0 Å². The van der Waals surface area contributed by atoms with Gasteiger partial charge in [-0.05, 0) is 5.56 Å². The molecule has 0 bridgehead atoms. The van der Waals surface area contributed by atoms with Gasteiger partial charge in [-0.15, -0.1) is 12.4 Å². The lowest BCUT2D eigenvalue weighted by atomic mass is 10.00. The van der Waals surface area contributed by atoms with Gasteiger partial charge < -0.3 is 15.8 Å². The van der Waals surface area contributed by atoms with Crippen molar-refractivity contribution in [2.45, 2.75) is 12.3 Å². The van der Waals surface area contributed by atoms with E-state index in [-0.39, 0.29) is 37.9 Å². The molecule has 1 rings (SSSR count). The van der Waals surface area contributed by atoms with Gasteiger partial charge in [0.25, 0.3) is 0 Å². The molecule has 1 aromatic carbocycles. The smallest absolute Gasteiger partial charge is 0.314 e. The molecule has 6 heteroatoms. The monoisotopic (exact) mass is 286 g/mol.